The highest BCUT2D eigenvalue weighted by Crippen LogP contribution is 2.17. The Morgan fingerprint density at radius 3 is 1.88 bits per heavy atom. The van der Waals surface area contributed by atoms with Crippen LogP contribution >= 0.6 is 0 Å². The third-order valence-electron chi connectivity index (χ3n) is 1.69. The molecule has 1 heterocycles. The molecular formula is C7H14O. The van der Waals surface area contributed by atoms with E-state index < -0.39 is 0 Å². The van der Waals surface area contributed by atoms with Gasteiger partial charge in [-0.3, -0.25) is 0 Å². The lowest BCUT2D eigenvalue weighted by Gasteiger charge is -2.24. The lowest BCUT2D eigenvalue weighted by molar-refractivity contribution is -0.0292. The van der Waals surface area contributed by atoms with Gasteiger partial charge in [0.1, 0.15) is 0 Å². The van der Waals surface area contributed by atoms with Gasteiger partial charge >= 0.3 is 0 Å². The summed E-state index contributed by atoms with van der Waals surface area (Å²) in [5.74, 6) is 0. The predicted octanol–water partition coefficient (Wildman–Crippen LogP) is 1.96. The van der Waals surface area contributed by atoms with E-state index in [2.05, 4.69) is 13.8 Å². The minimum absolute atomic E-state index is 0.513. The van der Waals surface area contributed by atoms with Crippen LogP contribution in [-0.2, 0) is 4.74 Å². The third-order valence-corrected chi connectivity index (χ3v) is 1.69. The largest absolute Gasteiger partial charge is 0.376 e. The van der Waals surface area contributed by atoms with Crippen LogP contribution in [0.4, 0.5) is 0 Å². The van der Waals surface area contributed by atoms with Gasteiger partial charge in [0.2, 0.25) is 0 Å². The molecule has 0 saturated carbocycles. The molecule has 0 radical (unpaired) electrons. The van der Waals surface area contributed by atoms with Crippen LogP contribution in [0.1, 0.15) is 33.1 Å². The van der Waals surface area contributed by atoms with Crippen LogP contribution in [-0.4, -0.2) is 12.2 Å². The van der Waals surface area contributed by atoms with Gasteiger partial charge in [0, 0.05) is 0 Å². The first-order valence-corrected chi connectivity index (χ1v) is 3.44. The molecule has 2 atom stereocenters. The molecule has 0 aromatic rings. The van der Waals surface area contributed by atoms with Gasteiger partial charge in [0.15, 0.2) is 0 Å². The van der Waals surface area contributed by atoms with Crippen LogP contribution in [0.15, 0.2) is 0 Å². The van der Waals surface area contributed by atoms with Crippen molar-refractivity contribution in [1.82, 2.24) is 0 Å². The lowest BCUT2D eigenvalue weighted by Crippen LogP contribution is -2.22. The van der Waals surface area contributed by atoms with Crippen LogP contribution in [0.25, 0.3) is 0 Å². The maximum Gasteiger partial charge on any atom is 0.0550 e. The Morgan fingerprint density at radius 1 is 1.12 bits per heavy atom. The molecule has 8 heavy (non-hydrogen) atoms. The van der Waals surface area contributed by atoms with Crippen molar-refractivity contribution in [3.8, 4) is 0 Å². The van der Waals surface area contributed by atoms with E-state index in [1.54, 1.807) is 0 Å². The summed E-state index contributed by atoms with van der Waals surface area (Å²) < 4.78 is 5.49. The van der Waals surface area contributed by atoms with Gasteiger partial charge in [0.25, 0.3) is 0 Å². The third kappa shape index (κ3) is 1.48. The number of ether oxygens (including phenoxy) is 1. The fraction of sp³-hybridized carbons (Fsp3) is 1.00. The fourth-order valence-corrected chi connectivity index (χ4v) is 1.23. The molecule has 1 aliphatic rings. The Balaban J connectivity index is 2.23. The average molecular weight is 114 g/mol. The summed E-state index contributed by atoms with van der Waals surface area (Å²) in [6, 6.07) is 0. The molecule has 0 spiro atoms. The maximum absolute atomic E-state index is 5.49. The first kappa shape index (κ1) is 6.09. The Kier molecular flexibility index (Phi) is 1.90. The summed E-state index contributed by atoms with van der Waals surface area (Å²) in [5.41, 5.74) is 0. The predicted molar refractivity (Wildman–Crippen MR) is 33.9 cm³/mol. The Labute approximate surface area is 51.0 Å². The first-order chi connectivity index (χ1) is 3.79. The summed E-state index contributed by atoms with van der Waals surface area (Å²) in [5, 5.41) is 0. The van der Waals surface area contributed by atoms with Crippen LogP contribution in [0.3, 0.4) is 0 Å². The van der Waals surface area contributed by atoms with Crippen molar-refractivity contribution in [3.05, 3.63) is 0 Å². The molecule has 1 nitrogen and oxygen atoms in total. The summed E-state index contributed by atoms with van der Waals surface area (Å²) in [6.45, 7) is 4.30. The second-order valence-corrected chi connectivity index (χ2v) is 2.69. The minimum Gasteiger partial charge on any atom is -0.376 e. The molecule has 0 aromatic heterocycles. The summed E-state index contributed by atoms with van der Waals surface area (Å²) in [7, 11) is 0. The molecule has 0 aliphatic carbocycles. The topological polar surface area (TPSA) is 9.23 Å². The van der Waals surface area contributed by atoms with Crippen molar-refractivity contribution >= 4 is 0 Å². The SMILES string of the molecule is C[C@H]1CCC[C@H](C)O1. The molecule has 1 saturated heterocycles. The van der Waals surface area contributed by atoms with Crippen molar-refractivity contribution in [2.75, 3.05) is 0 Å². The van der Waals surface area contributed by atoms with Crippen molar-refractivity contribution in [2.45, 2.75) is 45.3 Å². The molecule has 1 heteroatoms. The van der Waals surface area contributed by atoms with Crippen molar-refractivity contribution in [3.63, 3.8) is 0 Å². The Morgan fingerprint density at radius 2 is 1.62 bits per heavy atom. The quantitative estimate of drug-likeness (QED) is 0.468. The van der Waals surface area contributed by atoms with Gasteiger partial charge in [-0.05, 0) is 33.1 Å². The highest BCUT2D eigenvalue weighted by atomic mass is 16.5. The summed E-state index contributed by atoms with van der Waals surface area (Å²) in [4.78, 5) is 0. The molecular weight excluding hydrogens is 100 g/mol. The molecule has 0 amide bonds. The zero-order chi connectivity index (χ0) is 5.98. The lowest BCUT2D eigenvalue weighted by atomic mass is 10.1. The smallest absolute Gasteiger partial charge is 0.0550 e. The standard InChI is InChI=1S/C7H14O/c1-6-4-3-5-7(2)8-6/h6-7H,3-5H2,1-2H3/t6-,7-/m0/s1. The highest BCUT2D eigenvalue weighted by Gasteiger charge is 2.13. The van der Waals surface area contributed by atoms with Gasteiger partial charge < -0.3 is 4.74 Å². The molecule has 0 unspecified atom stereocenters. The van der Waals surface area contributed by atoms with Gasteiger partial charge in [0.05, 0.1) is 12.2 Å². The number of rotatable bonds is 0. The molecule has 0 N–H and O–H groups in total. The average Bonchev–Trinajstić information content (AvgIpc) is 1.64. The van der Waals surface area contributed by atoms with Crippen molar-refractivity contribution in [1.29, 1.82) is 0 Å². The van der Waals surface area contributed by atoms with Crippen LogP contribution in [0, 0.1) is 0 Å². The number of hydrogen-bond donors (Lipinski definition) is 0. The maximum atomic E-state index is 5.49. The number of hydrogen-bond acceptors (Lipinski definition) is 1. The monoisotopic (exact) mass is 114 g/mol. The second kappa shape index (κ2) is 2.49. The molecule has 0 bridgehead atoms. The molecule has 1 aliphatic heterocycles. The van der Waals surface area contributed by atoms with E-state index >= 15 is 0 Å². The van der Waals surface area contributed by atoms with Crippen molar-refractivity contribution < 1.29 is 4.74 Å². The van der Waals surface area contributed by atoms with E-state index in [-0.39, 0.29) is 0 Å². The van der Waals surface area contributed by atoms with E-state index in [0.29, 0.717) is 12.2 Å². The molecule has 0 aromatic carbocycles. The highest BCUT2D eigenvalue weighted by molar-refractivity contribution is 4.63. The van der Waals surface area contributed by atoms with Gasteiger partial charge in [-0.1, -0.05) is 0 Å². The van der Waals surface area contributed by atoms with E-state index in [0.717, 1.165) is 0 Å². The van der Waals surface area contributed by atoms with E-state index in [9.17, 15) is 0 Å². The van der Waals surface area contributed by atoms with E-state index in [1.165, 1.54) is 19.3 Å². The summed E-state index contributed by atoms with van der Waals surface area (Å²) in [6.07, 6.45) is 4.88. The van der Waals surface area contributed by atoms with Crippen LogP contribution < -0.4 is 0 Å². The van der Waals surface area contributed by atoms with E-state index in [4.69, 9.17) is 4.74 Å². The molecule has 1 rings (SSSR count). The fourth-order valence-electron chi connectivity index (χ4n) is 1.23. The molecule has 48 valence electrons. The second-order valence-electron chi connectivity index (χ2n) is 2.69. The van der Waals surface area contributed by atoms with Gasteiger partial charge in [-0.15, -0.1) is 0 Å². The minimum atomic E-state index is 0.513. The summed E-state index contributed by atoms with van der Waals surface area (Å²) >= 11 is 0. The van der Waals surface area contributed by atoms with Crippen LogP contribution in [0.5, 0.6) is 0 Å². The Hall–Kier alpha value is -0.0400. The van der Waals surface area contributed by atoms with Gasteiger partial charge in [-0.2, -0.15) is 0 Å². The Bertz CT molecular complexity index is 62.8. The van der Waals surface area contributed by atoms with Crippen molar-refractivity contribution in [2.24, 2.45) is 0 Å². The zero-order valence-corrected chi connectivity index (χ0v) is 5.68. The van der Waals surface area contributed by atoms with Gasteiger partial charge in [-0.25, -0.2) is 0 Å². The van der Waals surface area contributed by atoms with Crippen LogP contribution in [0.2, 0.25) is 0 Å². The van der Waals surface area contributed by atoms with E-state index in [1.807, 2.05) is 0 Å². The first-order valence-electron chi connectivity index (χ1n) is 3.44. The normalized spacial score (nSPS) is 39.8. The zero-order valence-electron chi connectivity index (χ0n) is 5.68. The molecule has 1 fully saturated rings.